The van der Waals surface area contributed by atoms with Crippen molar-refractivity contribution >= 4 is 12.1 Å². The number of amides is 1. The zero-order valence-corrected chi connectivity index (χ0v) is 13.8. The van der Waals surface area contributed by atoms with E-state index in [4.69, 9.17) is 4.74 Å². The minimum Gasteiger partial charge on any atom is -0.480 e. The van der Waals surface area contributed by atoms with Crippen molar-refractivity contribution in [2.45, 2.75) is 44.4 Å². The fourth-order valence-corrected chi connectivity index (χ4v) is 3.60. The number of carbonyl (C=O) groups excluding carboxylic acids is 1. The molecule has 0 saturated carbocycles. The summed E-state index contributed by atoms with van der Waals surface area (Å²) in [5.74, 6) is -0.953. The van der Waals surface area contributed by atoms with E-state index in [2.05, 4.69) is 4.90 Å². The van der Waals surface area contributed by atoms with Gasteiger partial charge >= 0.3 is 12.1 Å². The van der Waals surface area contributed by atoms with Crippen molar-refractivity contribution in [2.75, 3.05) is 19.6 Å². The molecule has 2 aliphatic heterocycles. The first kappa shape index (κ1) is 16.8. The van der Waals surface area contributed by atoms with Gasteiger partial charge in [0.25, 0.3) is 0 Å². The maximum Gasteiger partial charge on any atom is 0.410 e. The van der Waals surface area contributed by atoms with Gasteiger partial charge in [0, 0.05) is 12.6 Å². The monoisotopic (exact) mass is 332 g/mol. The number of carbonyl (C=O) groups is 2. The number of rotatable bonds is 4. The van der Waals surface area contributed by atoms with Gasteiger partial charge in [0.1, 0.15) is 12.6 Å². The number of nitrogens with zero attached hydrogens (tertiary/aromatic N) is 2. The molecular weight excluding hydrogens is 308 g/mol. The van der Waals surface area contributed by atoms with Gasteiger partial charge in [-0.3, -0.25) is 9.80 Å². The summed E-state index contributed by atoms with van der Waals surface area (Å²) in [4.78, 5) is 27.6. The quantitative estimate of drug-likeness (QED) is 0.916. The second-order valence-electron chi connectivity index (χ2n) is 6.53. The molecule has 0 aliphatic carbocycles. The highest BCUT2D eigenvalue weighted by atomic mass is 16.6. The first-order chi connectivity index (χ1) is 11.6. The van der Waals surface area contributed by atoms with Crippen LogP contribution in [0.4, 0.5) is 4.79 Å². The smallest absolute Gasteiger partial charge is 0.410 e. The number of piperidine rings is 1. The molecule has 6 nitrogen and oxygen atoms in total. The summed E-state index contributed by atoms with van der Waals surface area (Å²) in [7, 11) is 0. The van der Waals surface area contributed by atoms with Crippen molar-refractivity contribution in [2.24, 2.45) is 0 Å². The number of carboxylic acids is 1. The zero-order chi connectivity index (χ0) is 16.9. The van der Waals surface area contributed by atoms with Crippen LogP contribution in [0, 0.1) is 0 Å². The van der Waals surface area contributed by atoms with Gasteiger partial charge in [-0.25, -0.2) is 9.59 Å². The average Bonchev–Trinajstić information content (AvgIpc) is 3.07. The molecule has 2 aliphatic rings. The molecule has 1 aromatic rings. The van der Waals surface area contributed by atoms with E-state index in [1.165, 1.54) is 11.3 Å². The van der Waals surface area contributed by atoms with E-state index < -0.39 is 18.1 Å². The molecule has 0 radical (unpaired) electrons. The molecule has 0 bridgehead atoms. The Kier molecular flexibility index (Phi) is 5.35. The predicted molar refractivity (Wildman–Crippen MR) is 88.6 cm³/mol. The van der Waals surface area contributed by atoms with Crippen molar-refractivity contribution in [3.8, 4) is 0 Å². The summed E-state index contributed by atoms with van der Waals surface area (Å²) in [5.41, 5.74) is 0.893. The highest BCUT2D eigenvalue weighted by Crippen LogP contribution is 2.26. The van der Waals surface area contributed by atoms with Crippen LogP contribution in [-0.4, -0.2) is 58.7 Å². The van der Waals surface area contributed by atoms with Crippen LogP contribution in [0.5, 0.6) is 0 Å². The Bertz CT molecular complexity index is 572. The number of ether oxygens (including phenoxy) is 1. The maximum absolute atomic E-state index is 12.4. The van der Waals surface area contributed by atoms with Crippen LogP contribution >= 0.6 is 0 Å². The van der Waals surface area contributed by atoms with E-state index in [1.54, 1.807) is 0 Å². The first-order valence-electron chi connectivity index (χ1n) is 8.59. The Hall–Kier alpha value is -2.08. The molecule has 2 saturated heterocycles. The lowest BCUT2D eigenvalue weighted by Gasteiger charge is -2.31. The number of benzene rings is 1. The molecular formula is C18H24N2O4. The maximum atomic E-state index is 12.4. The van der Waals surface area contributed by atoms with Gasteiger partial charge in [-0.15, -0.1) is 0 Å². The molecule has 0 spiro atoms. The molecule has 24 heavy (non-hydrogen) atoms. The van der Waals surface area contributed by atoms with E-state index in [0.717, 1.165) is 31.5 Å². The summed E-state index contributed by atoms with van der Waals surface area (Å²) < 4.78 is 5.33. The van der Waals surface area contributed by atoms with E-state index in [-0.39, 0.29) is 12.6 Å². The lowest BCUT2D eigenvalue weighted by atomic mass is 10.1. The number of hydrogen-bond acceptors (Lipinski definition) is 4. The highest BCUT2D eigenvalue weighted by Gasteiger charge is 2.42. The molecule has 1 aromatic carbocycles. The minimum atomic E-state index is -0.953. The molecule has 2 atom stereocenters. The SMILES string of the molecule is O=C(O)[C@@H]1C[C@@H](N2CCCCC2)CN1C(=O)OCc1ccccc1. The number of carboxylic acid groups (broad SMARTS) is 1. The van der Waals surface area contributed by atoms with Crippen molar-refractivity contribution in [1.29, 1.82) is 0 Å². The lowest BCUT2D eigenvalue weighted by Crippen LogP contribution is -2.42. The summed E-state index contributed by atoms with van der Waals surface area (Å²) in [6, 6.07) is 8.74. The molecule has 0 aromatic heterocycles. The lowest BCUT2D eigenvalue weighted by molar-refractivity contribution is -0.141. The summed E-state index contributed by atoms with van der Waals surface area (Å²) in [5, 5.41) is 9.47. The Labute approximate surface area is 142 Å². The second-order valence-corrected chi connectivity index (χ2v) is 6.53. The molecule has 0 unspecified atom stereocenters. The molecule has 2 heterocycles. The zero-order valence-electron chi connectivity index (χ0n) is 13.8. The fraction of sp³-hybridized carbons (Fsp3) is 0.556. The van der Waals surface area contributed by atoms with Crippen LogP contribution in [-0.2, 0) is 16.1 Å². The summed E-state index contributed by atoms with van der Waals surface area (Å²) in [6.07, 6.45) is 3.47. The Morgan fingerprint density at radius 3 is 2.50 bits per heavy atom. The Balaban J connectivity index is 1.61. The van der Waals surface area contributed by atoms with Crippen molar-refractivity contribution < 1.29 is 19.4 Å². The molecule has 130 valence electrons. The van der Waals surface area contributed by atoms with Crippen LogP contribution in [0.15, 0.2) is 30.3 Å². The Morgan fingerprint density at radius 2 is 1.83 bits per heavy atom. The fourth-order valence-electron chi connectivity index (χ4n) is 3.60. The van der Waals surface area contributed by atoms with Crippen molar-refractivity contribution in [3.05, 3.63) is 35.9 Å². The van der Waals surface area contributed by atoms with Gasteiger partial charge in [0.05, 0.1) is 0 Å². The molecule has 1 N–H and O–H groups in total. The minimum absolute atomic E-state index is 0.121. The van der Waals surface area contributed by atoms with Gasteiger partial charge in [-0.05, 0) is 37.9 Å². The van der Waals surface area contributed by atoms with Gasteiger partial charge in [0.15, 0.2) is 0 Å². The average molecular weight is 332 g/mol. The summed E-state index contributed by atoms with van der Waals surface area (Å²) >= 11 is 0. The molecule has 1 amide bonds. The highest BCUT2D eigenvalue weighted by molar-refractivity contribution is 5.81. The third kappa shape index (κ3) is 3.87. The van der Waals surface area contributed by atoms with Crippen LogP contribution in [0.3, 0.4) is 0 Å². The normalized spacial score (nSPS) is 24.8. The van der Waals surface area contributed by atoms with Gasteiger partial charge < -0.3 is 9.84 Å². The number of likely N-dealkylation sites (tertiary alicyclic amines) is 2. The van der Waals surface area contributed by atoms with Gasteiger partial charge in [-0.1, -0.05) is 36.8 Å². The third-order valence-corrected chi connectivity index (χ3v) is 4.91. The third-order valence-electron chi connectivity index (χ3n) is 4.91. The summed E-state index contributed by atoms with van der Waals surface area (Å²) in [6.45, 7) is 2.58. The van der Waals surface area contributed by atoms with Crippen molar-refractivity contribution in [1.82, 2.24) is 9.80 Å². The van der Waals surface area contributed by atoms with Crippen LogP contribution in [0.25, 0.3) is 0 Å². The predicted octanol–water partition coefficient (Wildman–Crippen LogP) is 2.34. The van der Waals surface area contributed by atoms with Crippen LogP contribution in [0.2, 0.25) is 0 Å². The molecule has 2 fully saturated rings. The van der Waals surface area contributed by atoms with Gasteiger partial charge in [0.2, 0.25) is 0 Å². The van der Waals surface area contributed by atoms with E-state index in [0.29, 0.717) is 13.0 Å². The largest absolute Gasteiger partial charge is 0.480 e. The van der Waals surface area contributed by atoms with Crippen LogP contribution < -0.4 is 0 Å². The van der Waals surface area contributed by atoms with E-state index in [1.807, 2.05) is 30.3 Å². The molecule has 6 heteroatoms. The standard InChI is InChI=1S/C18H24N2O4/c21-17(22)16-11-15(19-9-5-2-6-10-19)12-20(16)18(23)24-13-14-7-3-1-4-8-14/h1,3-4,7-8,15-16H,2,5-6,9-13H2,(H,21,22)/t15-,16+/m1/s1. The van der Waals surface area contributed by atoms with Crippen LogP contribution in [0.1, 0.15) is 31.2 Å². The van der Waals surface area contributed by atoms with E-state index >= 15 is 0 Å². The second kappa shape index (κ2) is 7.66. The van der Waals surface area contributed by atoms with Crippen molar-refractivity contribution in [3.63, 3.8) is 0 Å². The van der Waals surface area contributed by atoms with Gasteiger partial charge in [-0.2, -0.15) is 0 Å². The van der Waals surface area contributed by atoms with E-state index in [9.17, 15) is 14.7 Å². The Morgan fingerprint density at radius 1 is 1.12 bits per heavy atom. The number of aliphatic carboxylic acids is 1. The number of hydrogen-bond donors (Lipinski definition) is 1. The first-order valence-corrected chi connectivity index (χ1v) is 8.59. The molecule has 3 rings (SSSR count). The topological polar surface area (TPSA) is 70.1 Å².